The molecule has 0 aliphatic carbocycles. The van der Waals surface area contributed by atoms with Crippen molar-refractivity contribution in [2.75, 3.05) is 18.5 Å². The first kappa shape index (κ1) is 13.6. The van der Waals surface area contributed by atoms with Crippen LogP contribution < -0.4 is 15.8 Å². The molecule has 2 aromatic rings. The number of thiophene rings is 1. The molecule has 1 aromatic heterocycles. The van der Waals surface area contributed by atoms with E-state index in [1.807, 2.05) is 35.0 Å². The fraction of sp³-hybridized carbons (Fsp3) is 0.214. The summed E-state index contributed by atoms with van der Waals surface area (Å²) in [6.45, 7) is 0.932. The number of carbonyl (C=O) groups is 1. The van der Waals surface area contributed by atoms with Crippen LogP contribution in [0.1, 0.15) is 5.56 Å². The van der Waals surface area contributed by atoms with Crippen molar-refractivity contribution in [2.45, 2.75) is 6.42 Å². The quantitative estimate of drug-likeness (QED) is 0.850. The van der Waals surface area contributed by atoms with Crippen LogP contribution in [0.2, 0.25) is 0 Å². The van der Waals surface area contributed by atoms with E-state index < -0.39 is 0 Å². The van der Waals surface area contributed by atoms with E-state index in [9.17, 15) is 4.79 Å². The maximum Gasteiger partial charge on any atom is 0.228 e. The summed E-state index contributed by atoms with van der Waals surface area (Å²) in [5.74, 6) is 0.674. The van der Waals surface area contributed by atoms with Gasteiger partial charge < -0.3 is 15.8 Å². The van der Waals surface area contributed by atoms with E-state index in [1.165, 1.54) is 0 Å². The predicted molar refractivity (Wildman–Crippen MR) is 77.6 cm³/mol. The molecular weight excluding hydrogens is 260 g/mol. The molecule has 4 nitrogen and oxygen atoms in total. The lowest BCUT2D eigenvalue weighted by Crippen LogP contribution is -2.14. The zero-order valence-corrected chi connectivity index (χ0v) is 11.3. The van der Waals surface area contributed by atoms with Crippen LogP contribution in [0.15, 0.2) is 41.1 Å². The number of nitrogens with two attached hydrogens (primary N) is 1. The highest BCUT2D eigenvalue weighted by atomic mass is 32.1. The molecule has 2 rings (SSSR count). The van der Waals surface area contributed by atoms with Gasteiger partial charge in [-0.1, -0.05) is 6.07 Å². The van der Waals surface area contributed by atoms with Crippen molar-refractivity contribution < 1.29 is 9.53 Å². The van der Waals surface area contributed by atoms with E-state index in [1.54, 1.807) is 17.4 Å². The number of hydrogen-bond acceptors (Lipinski definition) is 4. The number of hydrogen-bond donors (Lipinski definition) is 2. The lowest BCUT2D eigenvalue weighted by Gasteiger charge is -2.08. The van der Waals surface area contributed by atoms with Crippen LogP contribution in [0, 0.1) is 0 Å². The van der Waals surface area contributed by atoms with Crippen molar-refractivity contribution >= 4 is 22.9 Å². The summed E-state index contributed by atoms with van der Waals surface area (Å²) < 4.78 is 5.41. The lowest BCUT2D eigenvalue weighted by molar-refractivity contribution is -0.115. The van der Waals surface area contributed by atoms with E-state index in [-0.39, 0.29) is 5.91 Å². The largest absolute Gasteiger partial charge is 0.492 e. The van der Waals surface area contributed by atoms with E-state index in [2.05, 4.69) is 5.32 Å². The second-order valence-electron chi connectivity index (χ2n) is 4.02. The van der Waals surface area contributed by atoms with Crippen molar-refractivity contribution in [3.05, 3.63) is 46.7 Å². The number of carbonyl (C=O) groups excluding carboxylic acids is 1. The first-order valence-corrected chi connectivity index (χ1v) is 6.96. The van der Waals surface area contributed by atoms with Gasteiger partial charge in [0.05, 0.1) is 6.42 Å². The number of nitrogens with one attached hydrogen (secondary N) is 1. The highest BCUT2D eigenvalue weighted by molar-refractivity contribution is 7.08. The monoisotopic (exact) mass is 276 g/mol. The Morgan fingerprint density at radius 3 is 3.00 bits per heavy atom. The summed E-state index contributed by atoms with van der Waals surface area (Å²) in [6.07, 6.45) is 0.386. The molecule has 19 heavy (non-hydrogen) atoms. The zero-order valence-electron chi connectivity index (χ0n) is 10.5. The van der Waals surface area contributed by atoms with Crippen molar-refractivity contribution in [1.29, 1.82) is 0 Å². The first-order valence-electron chi connectivity index (χ1n) is 6.02. The summed E-state index contributed by atoms with van der Waals surface area (Å²) in [7, 11) is 0. The van der Waals surface area contributed by atoms with E-state index in [0.29, 0.717) is 25.3 Å². The minimum absolute atomic E-state index is 0.0330. The van der Waals surface area contributed by atoms with Gasteiger partial charge in [0.2, 0.25) is 5.91 Å². The molecule has 1 amide bonds. The van der Waals surface area contributed by atoms with Crippen LogP contribution in [0.3, 0.4) is 0 Å². The summed E-state index contributed by atoms with van der Waals surface area (Å²) >= 11 is 1.59. The van der Waals surface area contributed by atoms with Crippen LogP contribution in [-0.2, 0) is 11.2 Å². The average molecular weight is 276 g/mol. The summed E-state index contributed by atoms with van der Waals surface area (Å²) in [5.41, 5.74) is 7.13. The number of rotatable bonds is 6. The van der Waals surface area contributed by atoms with Crippen molar-refractivity contribution in [1.82, 2.24) is 0 Å². The molecule has 1 heterocycles. The van der Waals surface area contributed by atoms with Gasteiger partial charge in [-0.2, -0.15) is 11.3 Å². The molecule has 0 bridgehead atoms. The number of amides is 1. The second kappa shape index (κ2) is 6.92. The second-order valence-corrected chi connectivity index (χ2v) is 4.80. The van der Waals surface area contributed by atoms with Crippen molar-refractivity contribution in [3.8, 4) is 5.75 Å². The third-order valence-corrected chi connectivity index (χ3v) is 3.18. The minimum Gasteiger partial charge on any atom is -0.492 e. The van der Waals surface area contributed by atoms with E-state index >= 15 is 0 Å². The third-order valence-electron chi connectivity index (χ3n) is 2.45. The van der Waals surface area contributed by atoms with Gasteiger partial charge in [-0.3, -0.25) is 4.79 Å². The van der Waals surface area contributed by atoms with Crippen LogP contribution in [0.25, 0.3) is 0 Å². The zero-order chi connectivity index (χ0) is 13.5. The van der Waals surface area contributed by atoms with E-state index in [4.69, 9.17) is 10.5 Å². The molecule has 0 spiro atoms. The molecule has 3 N–H and O–H groups in total. The maximum absolute atomic E-state index is 11.8. The Morgan fingerprint density at radius 1 is 1.37 bits per heavy atom. The summed E-state index contributed by atoms with van der Waals surface area (Å²) in [5, 5.41) is 6.79. The molecule has 5 heteroatoms. The normalized spacial score (nSPS) is 10.2. The Morgan fingerprint density at radius 2 is 2.26 bits per heavy atom. The molecule has 0 saturated carbocycles. The molecule has 0 unspecified atom stereocenters. The van der Waals surface area contributed by atoms with Crippen LogP contribution >= 0.6 is 11.3 Å². The minimum atomic E-state index is -0.0330. The van der Waals surface area contributed by atoms with Crippen LogP contribution in [-0.4, -0.2) is 19.1 Å². The molecular formula is C14H16N2O2S. The molecule has 0 saturated heterocycles. The first-order chi connectivity index (χ1) is 9.28. The molecule has 0 aliphatic rings. The van der Waals surface area contributed by atoms with Gasteiger partial charge >= 0.3 is 0 Å². The molecule has 0 atom stereocenters. The van der Waals surface area contributed by atoms with Gasteiger partial charge in [-0.25, -0.2) is 0 Å². The Hall–Kier alpha value is -1.85. The number of benzene rings is 1. The summed E-state index contributed by atoms with van der Waals surface area (Å²) in [4.78, 5) is 11.8. The molecule has 1 aromatic carbocycles. The average Bonchev–Trinajstić information content (AvgIpc) is 2.89. The Bertz CT molecular complexity index is 526. The molecule has 100 valence electrons. The van der Waals surface area contributed by atoms with Gasteiger partial charge in [0, 0.05) is 18.3 Å². The topological polar surface area (TPSA) is 64.3 Å². The Kier molecular flexibility index (Phi) is 4.94. The smallest absolute Gasteiger partial charge is 0.228 e. The third kappa shape index (κ3) is 4.39. The fourth-order valence-electron chi connectivity index (χ4n) is 1.62. The van der Waals surface area contributed by atoms with Crippen molar-refractivity contribution in [3.63, 3.8) is 0 Å². The standard InChI is InChI=1S/C14H16N2O2S/c15-5-6-18-13-3-1-2-12(9-13)16-14(17)8-11-4-7-19-10-11/h1-4,7,9-10H,5-6,8,15H2,(H,16,17). The van der Waals surface area contributed by atoms with E-state index in [0.717, 1.165) is 11.3 Å². The van der Waals surface area contributed by atoms with Crippen molar-refractivity contribution in [2.24, 2.45) is 5.73 Å². The van der Waals surface area contributed by atoms with Crippen LogP contribution in [0.5, 0.6) is 5.75 Å². The SMILES string of the molecule is NCCOc1cccc(NC(=O)Cc2ccsc2)c1. The van der Waals surface area contributed by atoms with Gasteiger partial charge in [-0.15, -0.1) is 0 Å². The fourth-order valence-corrected chi connectivity index (χ4v) is 2.29. The predicted octanol–water partition coefficient (Wildman–Crippen LogP) is 2.27. The Balaban J connectivity index is 1.92. The number of ether oxygens (including phenoxy) is 1. The highest BCUT2D eigenvalue weighted by Crippen LogP contribution is 2.17. The van der Waals surface area contributed by atoms with Gasteiger partial charge in [-0.05, 0) is 34.5 Å². The van der Waals surface area contributed by atoms with Gasteiger partial charge in [0.15, 0.2) is 0 Å². The Labute approximate surface area is 116 Å². The highest BCUT2D eigenvalue weighted by Gasteiger charge is 2.05. The van der Waals surface area contributed by atoms with Gasteiger partial charge in [0.1, 0.15) is 12.4 Å². The van der Waals surface area contributed by atoms with Crippen LogP contribution in [0.4, 0.5) is 5.69 Å². The molecule has 0 aliphatic heterocycles. The number of anilines is 1. The molecule has 0 radical (unpaired) electrons. The van der Waals surface area contributed by atoms with Gasteiger partial charge in [0.25, 0.3) is 0 Å². The lowest BCUT2D eigenvalue weighted by atomic mass is 10.2. The summed E-state index contributed by atoms with van der Waals surface area (Å²) in [6, 6.07) is 9.25. The molecule has 0 fully saturated rings. The maximum atomic E-state index is 11.8.